The van der Waals surface area contributed by atoms with E-state index in [9.17, 15) is 9.18 Å². The Kier molecular flexibility index (Phi) is 3.88. The van der Waals surface area contributed by atoms with Crippen molar-refractivity contribution in [2.75, 3.05) is 5.75 Å². The third-order valence-electron chi connectivity index (χ3n) is 2.18. The van der Waals surface area contributed by atoms with E-state index in [0.29, 0.717) is 10.5 Å². The molecular weight excluding hydrogens is 237 g/mol. The highest BCUT2D eigenvalue weighted by molar-refractivity contribution is 8.00. The van der Waals surface area contributed by atoms with E-state index in [-0.39, 0.29) is 17.4 Å². The summed E-state index contributed by atoms with van der Waals surface area (Å²) < 4.78 is 13.3. The molecular formula is C13H10FNOS. The Morgan fingerprint density at radius 3 is 2.76 bits per heavy atom. The minimum absolute atomic E-state index is 0.0497. The van der Waals surface area contributed by atoms with Gasteiger partial charge in [-0.15, -0.1) is 11.8 Å². The Bertz CT molecular complexity index is 516. The predicted octanol–water partition coefficient (Wildman–Crippen LogP) is 3.20. The van der Waals surface area contributed by atoms with Crippen LogP contribution in [0.3, 0.4) is 0 Å². The van der Waals surface area contributed by atoms with Crippen LogP contribution in [0.2, 0.25) is 0 Å². The number of nitrogens with zero attached hydrogens (tertiary/aromatic N) is 1. The SMILES string of the molecule is O=C(CSc1ccccc1F)c1cccnc1. The van der Waals surface area contributed by atoms with Crippen molar-refractivity contribution in [3.63, 3.8) is 0 Å². The number of hydrogen-bond donors (Lipinski definition) is 0. The van der Waals surface area contributed by atoms with Crippen molar-refractivity contribution in [3.8, 4) is 0 Å². The molecule has 0 amide bonds. The molecule has 4 heteroatoms. The highest BCUT2D eigenvalue weighted by Gasteiger charge is 2.08. The van der Waals surface area contributed by atoms with E-state index in [4.69, 9.17) is 0 Å². The van der Waals surface area contributed by atoms with Gasteiger partial charge in [-0.05, 0) is 24.3 Å². The van der Waals surface area contributed by atoms with Gasteiger partial charge >= 0.3 is 0 Å². The molecule has 1 aromatic carbocycles. The van der Waals surface area contributed by atoms with Crippen molar-refractivity contribution in [2.24, 2.45) is 0 Å². The number of carbonyl (C=O) groups excluding carboxylic acids is 1. The zero-order valence-electron chi connectivity index (χ0n) is 8.97. The van der Waals surface area contributed by atoms with E-state index in [1.165, 1.54) is 24.0 Å². The highest BCUT2D eigenvalue weighted by atomic mass is 32.2. The first-order chi connectivity index (χ1) is 8.27. The van der Waals surface area contributed by atoms with Gasteiger partial charge < -0.3 is 0 Å². The lowest BCUT2D eigenvalue weighted by molar-refractivity contribution is 0.102. The molecule has 0 aliphatic rings. The lowest BCUT2D eigenvalue weighted by Crippen LogP contribution is -2.02. The number of rotatable bonds is 4. The Labute approximate surface area is 103 Å². The van der Waals surface area contributed by atoms with Gasteiger partial charge in [-0.3, -0.25) is 9.78 Å². The van der Waals surface area contributed by atoms with Crippen LogP contribution < -0.4 is 0 Å². The average Bonchev–Trinajstić information content (AvgIpc) is 2.38. The number of thioether (sulfide) groups is 1. The maximum absolute atomic E-state index is 13.3. The summed E-state index contributed by atoms with van der Waals surface area (Å²) in [5.74, 6) is -0.130. The molecule has 17 heavy (non-hydrogen) atoms. The van der Waals surface area contributed by atoms with Gasteiger partial charge in [0.05, 0.1) is 5.75 Å². The van der Waals surface area contributed by atoms with Gasteiger partial charge in [-0.2, -0.15) is 0 Å². The molecule has 1 heterocycles. The molecule has 0 fully saturated rings. The Morgan fingerprint density at radius 2 is 2.06 bits per heavy atom. The largest absolute Gasteiger partial charge is 0.293 e. The number of Topliss-reactive ketones (excluding diaryl/α,β-unsaturated/α-hetero) is 1. The molecule has 0 aliphatic carbocycles. The molecule has 0 bridgehead atoms. The van der Waals surface area contributed by atoms with Gasteiger partial charge in [0.15, 0.2) is 5.78 Å². The fourth-order valence-electron chi connectivity index (χ4n) is 1.32. The van der Waals surface area contributed by atoms with Crippen LogP contribution in [0.15, 0.2) is 53.7 Å². The average molecular weight is 247 g/mol. The van der Waals surface area contributed by atoms with Crippen molar-refractivity contribution >= 4 is 17.5 Å². The summed E-state index contributed by atoms with van der Waals surface area (Å²) in [5.41, 5.74) is 0.552. The normalized spacial score (nSPS) is 10.2. The van der Waals surface area contributed by atoms with Crippen LogP contribution in [0.1, 0.15) is 10.4 Å². The zero-order chi connectivity index (χ0) is 12.1. The molecule has 86 valence electrons. The number of pyridine rings is 1. The summed E-state index contributed by atoms with van der Waals surface area (Å²) in [7, 11) is 0. The topological polar surface area (TPSA) is 30.0 Å². The first kappa shape index (κ1) is 11.8. The zero-order valence-corrected chi connectivity index (χ0v) is 9.78. The first-order valence-electron chi connectivity index (χ1n) is 5.08. The summed E-state index contributed by atoms with van der Waals surface area (Å²) >= 11 is 1.20. The molecule has 2 aromatic rings. The molecule has 2 rings (SSSR count). The second kappa shape index (κ2) is 5.59. The van der Waals surface area contributed by atoms with Crippen molar-refractivity contribution in [1.82, 2.24) is 4.98 Å². The van der Waals surface area contributed by atoms with Crippen molar-refractivity contribution in [3.05, 3.63) is 60.2 Å². The number of benzene rings is 1. The maximum Gasteiger partial charge on any atom is 0.174 e. The van der Waals surface area contributed by atoms with Crippen molar-refractivity contribution < 1.29 is 9.18 Å². The molecule has 0 radical (unpaired) electrons. The second-order valence-electron chi connectivity index (χ2n) is 3.38. The number of hydrogen-bond acceptors (Lipinski definition) is 3. The van der Waals surface area contributed by atoms with Gasteiger partial charge in [-0.25, -0.2) is 4.39 Å². The first-order valence-corrected chi connectivity index (χ1v) is 6.06. The van der Waals surface area contributed by atoms with E-state index < -0.39 is 0 Å². The fourth-order valence-corrected chi connectivity index (χ4v) is 2.15. The number of ketones is 1. The van der Waals surface area contributed by atoms with E-state index >= 15 is 0 Å². The van der Waals surface area contributed by atoms with Gasteiger partial charge in [0.25, 0.3) is 0 Å². The number of carbonyl (C=O) groups is 1. The third-order valence-corrected chi connectivity index (χ3v) is 3.23. The monoisotopic (exact) mass is 247 g/mol. The smallest absolute Gasteiger partial charge is 0.174 e. The molecule has 0 N–H and O–H groups in total. The highest BCUT2D eigenvalue weighted by Crippen LogP contribution is 2.21. The minimum atomic E-state index is -0.295. The standard InChI is InChI=1S/C13H10FNOS/c14-11-5-1-2-6-13(11)17-9-12(16)10-4-3-7-15-8-10/h1-8H,9H2. The summed E-state index contributed by atoms with van der Waals surface area (Å²) in [5, 5.41) is 0. The number of halogens is 1. The van der Waals surface area contributed by atoms with Gasteiger partial charge in [0.2, 0.25) is 0 Å². The third kappa shape index (κ3) is 3.14. The molecule has 0 saturated heterocycles. The summed E-state index contributed by atoms with van der Waals surface area (Å²) in [6, 6.07) is 9.84. The van der Waals surface area contributed by atoms with E-state index in [1.54, 1.807) is 36.5 Å². The van der Waals surface area contributed by atoms with Gasteiger partial charge in [0.1, 0.15) is 5.82 Å². The van der Waals surface area contributed by atoms with E-state index in [1.807, 2.05) is 0 Å². The lowest BCUT2D eigenvalue weighted by Gasteiger charge is -2.02. The molecule has 2 nitrogen and oxygen atoms in total. The Morgan fingerprint density at radius 1 is 1.24 bits per heavy atom. The number of aromatic nitrogens is 1. The fraction of sp³-hybridized carbons (Fsp3) is 0.0769. The summed E-state index contributed by atoms with van der Waals surface area (Å²) in [4.78, 5) is 16.1. The second-order valence-corrected chi connectivity index (χ2v) is 4.40. The molecule has 0 atom stereocenters. The Hall–Kier alpha value is -1.68. The van der Waals surface area contributed by atoms with Crippen LogP contribution in [0.4, 0.5) is 4.39 Å². The molecule has 0 spiro atoms. The quantitative estimate of drug-likeness (QED) is 0.614. The van der Waals surface area contributed by atoms with Crippen molar-refractivity contribution in [1.29, 1.82) is 0 Å². The molecule has 0 saturated carbocycles. The molecule has 1 aromatic heterocycles. The summed E-state index contributed by atoms with van der Waals surface area (Å²) in [6.07, 6.45) is 3.13. The van der Waals surface area contributed by atoms with Crippen LogP contribution in [-0.2, 0) is 0 Å². The van der Waals surface area contributed by atoms with Crippen molar-refractivity contribution in [2.45, 2.75) is 4.90 Å². The van der Waals surface area contributed by atoms with Crippen LogP contribution in [0, 0.1) is 5.82 Å². The predicted molar refractivity (Wildman–Crippen MR) is 65.7 cm³/mol. The van der Waals surface area contributed by atoms with E-state index in [0.717, 1.165) is 0 Å². The van der Waals surface area contributed by atoms with Gasteiger partial charge in [0, 0.05) is 22.9 Å². The van der Waals surface area contributed by atoms with Crippen LogP contribution in [0.5, 0.6) is 0 Å². The molecule has 0 unspecified atom stereocenters. The minimum Gasteiger partial charge on any atom is -0.293 e. The Balaban J connectivity index is 2.00. The van der Waals surface area contributed by atoms with Crippen LogP contribution in [0.25, 0.3) is 0 Å². The lowest BCUT2D eigenvalue weighted by atomic mass is 10.2. The van der Waals surface area contributed by atoms with Crippen LogP contribution in [-0.4, -0.2) is 16.5 Å². The van der Waals surface area contributed by atoms with Gasteiger partial charge in [-0.1, -0.05) is 12.1 Å². The molecule has 0 aliphatic heterocycles. The van der Waals surface area contributed by atoms with E-state index in [2.05, 4.69) is 4.98 Å². The van der Waals surface area contributed by atoms with Crippen LogP contribution >= 0.6 is 11.8 Å². The maximum atomic E-state index is 13.3. The summed E-state index contributed by atoms with van der Waals surface area (Å²) in [6.45, 7) is 0.